The topological polar surface area (TPSA) is 47.6 Å². The first-order valence-corrected chi connectivity index (χ1v) is 7.16. The van der Waals surface area contributed by atoms with Crippen LogP contribution in [-0.4, -0.2) is 19.6 Å². The van der Waals surface area contributed by atoms with Gasteiger partial charge in [-0.15, -0.1) is 0 Å². The molecule has 0 aliphatic carbocycles. The van der Waals surface area contributed by atoms with E-state index in [9.17, 15) is 13.6 Å². The number of aryl methyl sites for hydroxylation is 1. The van der Waals surface area contributed by atoms with E-state index in [1.807, 2.05) is 25.1 Å². The molecular weight excluding hydrogens is 316 g/mol. The fraction of sp³-hybridized carbons (Fsp3) is 0.167. The Hall–Kier alpha value is -2.89. The van der Waals surface area contributed by atoms with Crippen LogP contribution in [0.3, 0.4) is 0 Å². The van der Waals surface area contributed by atoms with Gasteiger partial charge in [-0.25, -0.2) is 0 Å². The van der Waals surface area contributed by atoms with Crippen molar-refractivity contribution >= 4 is 17.7 Å². The Morgan fingerprint density at radius 2 is 1.96 bits per heavy atom. The van der Waals surface area contributed by atoms with Crippen LogP contribution in [0.5, 0.6) is 11.5 Å². The van der Waals surface area contributed by atoms with E-state index in [2.05, 4.69) is 10.1 Å². The number of anilines is 1. The summed E-state index contributed by atoms with van der Waals surface area (Å²) in [5, 5.41) is 2.74. The summed E-state index contributed by atoms with van der Waals surface area (Å²) in [6, 6.07) is 11.8. The van der Waals surface area contributed by atoms with Crippen LogP contribution in [0.25, 0.3) is 6.08 Å². The maximum atomic E-state index is 12.3. The monoisotopic (exact) mass is 333 g/mol. The van der Waals surface area contributed by atoms with Crippen molar-refractivity contribution in [3.8, 4) is 11.5 Å². The molecule has 1 amide bonds. The highest BCUT2D eigenvalue weighted by atomic mass is 19.3. The van der Waals surface area contributed by atoms with Crippen molar-refractivity contribution in [3.05, 3.63) is 59.7 Å². The smallest absolute Gasteiger partial charge is 0.387 e. The molecule has 6 heteroatoms. The normalized spacial score (nSPS) is 10.9. The third kappa shape index (κ3) is 5.08. The number of amides is 1. The molecule has 24 heavy (non-hydrogen) atoms. The third-order valence-electron chi connectivity index (χ3n) is 3.12. The molecule has 0 saturated heterocycles. The minimum atomic E-state index is -2.93. The van der Waals surface area contributed by atoms with Crippen molar-refractivity contribution in [1.29, 1.82) is 0 Å². The highest BCUT2D eigenvalue weighted by Gasteiger charge is 2.10. The van der Waals surface area contributed by atoms with Gasteiger partial charge in [0.15, 0.2) is 11.5 Å². The second kappa shape index (κ2) is 8.10. The van der Waals surface area contributed by atoms with E-state index in [-0.39, 0.29) is 17.4 Å². The van der Waals surface area contributed by atoms with Crippen molar-refractivity contribution in [2.75, 3.05) is 12.4 Å². The summed E-state index contributed by atoms with van der Waals surface area (Å²) >= 11 is 0. The van der Waals surface area contributed by atoms with E-state index in [0.29, 0.717) is 11.3 Å². The number of carbonyl (C=O) groups is 1. The average molecular weight is 333 g/mol. The number of nitrogens with one attached hydrogen (secondary N) is 1. The van der Waals surface area contributed by atoms with Crippen molar-refractivity contribution in [2.24, 2.45) is 0 Å². The van der Waals surface area contributed by atoms with Crippen LogP contribution in [0, 0.1) is 6.92 Å². The molecular formula is C18H17F2NO3. The zero-order valence-corrected chi connectivity index (χ0v) is 13.3. The van der Waals surface area contributed by atoms with E-state index in [1.54, 1.807) is 18.2 Å². The average Bonchev–Trinajstić information content (AvgIpc) is 2.53. The van der Waals surface area contributed by atoms with Gasteiger partial charge in [-0.2, -0.15) is 8.78 Å². The Morgan fingerprint density at radius 1 is 1.17 bits per heavy atom. The fourth-order valence-corrected chi connectivity index (χ4v) is 2.06. The number of hydrogen-bond donors (Lipinski definition) is 1. The molecule has 2 aromatic rings. The van der Waals surface area contributed by atoms with Gasteiger partial charge in [-0.1, -0.05) is 18.2 Å². The first-order chi connectivity index (χ1) is 11.5. The van der Waals surface area contributed by atoms with Crippen molar-refractivity contribution < 1.29 is 23.0 Å². The van der Waals surface area contributed by atoms with E-state index in [4.69, 9.17) is 4.74 Å². The molecule has 0 bridgehead atoms. The third-order valence-corrected chi connectivity index (χ3v) is 3.12. The molecule has 0 atom stereocenters. The van der Waals surface area contributed by atoms with E-state index in [0.717, 1.165) is 5.56 Å². The minimum Gasteiger partial charge on any atom is -0.493 e. The molecule has 2 aromatic carbocycles. The van der Waals surface area contributed by atoms with Crippen LogP contribution in [-0.2, 0) is 4.79 Å². The zero-order valence-electron chi connectivity index (χ0n) is 13.3. The van der Waals surface area contributed by atoms with Crippen LogP contribution in [0.15, 0.2) is 48.5 Å². The predicted octanol–water partition coefficient (Wildman–Crippen LogP) is 4.26. The molecule has 1 N–H and O–H groups in total. The number of benzene rings is 2. The Balaban J connectivity index is 2.06. The second-order valence-electron chi connectivity index (χ2n) is 4.98. The van der Waals surface area contributed by atoms with Crippen molar-refractivity contribution in [2.45, 2.75) is 13.5 Å². The summed E-state index contributed by atoms with van der Waals surface area (Å²) in [6.07, 6.45) is 2.91. The minimum absolute atomic E-state index is 0.0612. The molecule has 0 aromatic heterocycles. The van der Waals surface area contributed by atoms with Gasteiger partial charge in [-0.05, 0) is 48.4 Å². The van der Waals surface area contributed by atoms with Gasteiger partial charge in [0.2, 0.25) is 5.91 Å². The molecule has 0 radical (unpaired) electrons. The van der Waals surface area contributed by atoms with E-state index >= 15 is 0 Å². The van der Waals surface area contributed by atoms with Crippen LogP contribution in [0.4, 0.5) is 14.5 Å². The standard InChI is InChI=1S/C18H17F2NO3/c1-12-4-3-5-14(10-12)21-17(22)9-7-13-6-8-15(24-18(19)20)16(11-13)23-2/h3-11,18H,1-2H3,(H,21,22)/b9-7+. The number of halogens is 2. The lowest BCUT2D eigenvalue weighted by molar-refractivity contribution is -0.111. The van der Waals surface area contributed by atoms with Gasteiger partial charge in [0.25, 0.3) is 0 Å². The number of ether oxygens (including phenoxy) is 2. The molecule has 0 saturated carbocycles. The van der Waals surface area contributed by atoms with Crippen LogP contribution >= 0.6 is 0 Å². The number of rotatable bonds is 6. The molecule has 4 nitrogen and oxygen atoms in total. The summed E-state index contributed by atoms with van der Waals surface area (Å²) in [5.41, 5.74) is 2.35. The van der Waals surface area contributed by atoms with Gasteiger partial charge < -0.3 is 14.8 Å². The largest absolute Gasteiger partial charge is 0.493 e. The number of carbonyl (C=O) groups excluding carboxylic acids is 1. The highest BCUT2D eigenvalue weighted by Crippen LogP contribution is 2.29. The zero-order chi connectivity index (χ0) is 17.5. The SMILES string of the molecule is COc1cc(/C=C/C(=O)Nc2cccc(C)c2)ccc1OC(F)F. The van der Waals surface area contributed by atoms with E-state index in [1.165, 1.54) is 25.3 Å². The Bertz CT molecular complexity index is 745. The first kappa shape index (κ1) is 17.5. The first-order valence-electron chi connectivity index (χ1n) is 7.16. The van der Waals surface area contributed by atoms with Crippen LogP contribution in [0.2, 0.25) is 0 Å². The summed E-state index contributed by atoms with van der Waals surface area (Å²) < 4.78 is 33.9. The molecule has 0 heterocycles. The predicted molar refractivity (Wildman–Crippen MR) is 88.5 cm³/mol. The molecule has 0 aliphatic rings. The van der Waals surface area contributed by atoms with Gasteiger partial charge in [0.1, 0.15) is 0 Å². The Morgan fingerprint density at radius 3 is 2.62 bits per heavy atom. The summed E-state index contributed by atoms with van der Waals surface area (Å²) in [5.74, 6) is -0.196. The van der Waals surface area contributed by atoms with Crippen molar-refractivity contribution in [1.82, 2.24) is 0 Å². The van der Waals surface area contributed by atoms with E-state index < -0.39 is 6.61 Å². The molecule has 0 spiro atoms. The lowest BCUT2D eigenvalue weighted by Crippen LogP contribution is -2.07. The summed E-state index contributed by atoms with van der Waals surface area (Å²) in [7, 11) is 1.35. The maximum absolute atomic E-state index is 12.3. The van der Waals surface area contributed by atoms with Gasteiger partial charge in [-0.3, -0.25) is 4.79 Å². The van der Waals surface area contributed by atoms with Gasteiger partial charge in [0, 0.05) is 11.8 Å². The number of methoxy groups -OCH3 is 1. The molecule has 0 fully saturated rings. The number of hydrogen-bond acceptors (Lipinski definition) is 3. The molecule has 0 unspecified atom stereocenters. The molecule has 0 aliphatic heterocycles. The highest BCUT2D eigenvalue weighted by molar-refractivity contribution is 6.02. The van der Waals surface area contributed by atoms with Gasteiger partial charge >= 0.3 is 6.61 Å². The maximum Gasteiger partial charge on any atom is 0.387 e. The fourth-order valence-electron chi connectivity index (χ4n) is 2.06. The number of alkyl halides is 2. The van der Waals surface area contributed by atoms with Crippen molar-refractivity contribution in [3.63, 3.8) is 0 Å². The van der Waals surface area contributed by atoms with Crippen LogP contribution < -0.4 is 14.8 Å². The summed E-state index contributed by atoms with van der Waals surface area (Å²) in [4.78, 5) is 11.9. The quantitative estimate of drug-likeness (QED) is 0.804. The van der Waals surface area contributed by atoms with Crippen LogP contribution in [0.1, 0.15) is 11.1 Å². The second-order valence-corrected chi connectivity index (χ2v) is 4.98. The Kier molecular flexibility index (Phi) is 5.89. The Labute approximate surface area is 138 Å². The molecule has 2 rings (SSSR count). The lowest BCUT2D eigenvalue weighted by atomic mass is 10.2. The molecule has 126 valence electrons. The lowest BCUT2D eigenvalue weighted by Gasteiger charge is -2.10. The summed E-state index contributed by atoms with van der Waals surface area (Å²) in [6.45, 7) is -0.999. The van der Waals surface area contributed by atoms with Gasteiger partial charge in [0.05, 0.1) is 7.11 Å².